The summed E-state index contributed by atoms with van der Waals surface area (Å²) in [5.74, 6) is 0. The highest BCUT2D eigenvalue weighted by Crippen LogP contribution is 2.09. The smallest absolute Gasteiger partial charge is 0.00716 e. The number of hydrogen-bond acceptors (Lipinski definition) is 1. The fourth-order valence-electron chi connectivity index (χ4n) is 1.88. The van der Waals surface area contributed by atoms with E-state index >= 15 is 0 Å². The van der Waals surface area contributed by atoms with E-state index in [1.165, 1.54) is 42.5 Å². The molecule has 0 aromatic heterocycles. The molecule has 0 N–H and O–H groups in total. The average Bonchev–Trinajstić information content (AvgIpc) is 2.30. The van der Waals surface area contributed by atoms with Gasteiger partial charge in [-0.25, -0.2) is 0 Å². The van der Waals surface area contributed by atoms with Gasteiger partial charge in [-0.1, -0.05) is 62.3 Å². The first-order chi connectivity index (χ1) is 7.83. The molecular formula is C15H22S. The summed E-state index contributed by atoms with van der Waals surface area (Å²) in [6, 6.07) is 10.7. The van der Waals surface area contributed by atoms with Gasteiger partial charge >= 0.3 is 0 Å². The minimum absolute atomic E-state index is 1.13. The molecule has 0 nitrogen and oxygen atoms in total. The lowest BCUT2D eigenvalue weighted by Gasteiger charge is -2.03. The van der Waals surface area contributed by atoms with Gasteiger partial charge in [-0.3, -0.25) is 0 Å². The summed E-state index contributed by atoms with van der Waals surface area (Å²) in [6.07, 6.45) is 8.55. The molecule has 1 rings (SSSR count). The summed E-state index contributed by atoms with van der Waals surface area (Å²) < 4.78 is 0. The number of thiocarbonyl (C=S) groups is 1. The Balaban J connectivity index is 2.02. The second-order valence-corrected chi connectivity index (χ2v) is 4.91. The van der Waals surface area contributed by atoms with Gasteiger partial charge in [0.05, 0.1) is 0 Å². The lowest BCUT2D eigenvalue weighted by molar-refractivity contribution is 0.694. The van der Waals surface area contributed by atoms with E-state index in [0.717, 1.165) is 12.8 Å². The lowest BCUT2D eigenvalue weighted by Crippen LogP contribution is -1.94. The second kappa shape index (κ2) is 8.46. The molecule has 1 heteroatoms. The van der Waals surface area contributed by atoms with Crippen LogP contribution in [0.2, 0.25) is 0 Å². The van der Waals surface area contributed by atoms with Crippen LogP contribution < -0.4 is 0 Å². The van der Waals surface area contributed by atoms with Crippen LogP contribution in [0, 0.1) is 0 Å². The van der Waals surface area contributed by atoms with Crippen LogP contribution in [0.5, 0.6) is 0 Å². The minimum atomic E-state index is 1.13. The maximum absolute atomic E-state index is 5.30. The first-order valence-corrected chi connectivity index (χ1v) is 6.79. The topological polar surface area (TPSA) is 0 Å². The Bertz CT molecular complexity index is 290. The van der Waals surface area contributed by atoms with E-state index in [4.69, 9.17) is 12.2 Å². The zero-order chi connectivity index (χ0) is 11.6. The van der Waals surface area contributed by atoms with E-state index in [1.54, 1.807) is 0 Å². The van der Waals surface area contributed by atoms with Crippen molar-refractivity contribution in [1.82, 2.24) is 0 Å². The monoisotopic (exact) mass is 234 g/mol. The van der Waals surface area contributed by atoms with Gasteiger partial charge in [0.25, 0.3) is 0 Å². The highest BCUT2D eigenvalue weighted by molar-refractivity contribution is 7.80. The summed E-state index contributed by atoms with van der Waals surface area (Å²) in [5.41, 5.74) is 1.46. The summed E-state index contributed by atoms with van der Waals surface area (Å²) in [4.78, 5) is 1.27. The fraction of sp³-hybridized carbons (Fsp3) is 0.533. The number of rotatable bonds is 8. The van der Waals surface area contributed by atoms with E-state index in [-0.39, 0.29) is 0 Å². The van der Waals surface area contributed by atoms with E-state index in [2.05, 4.69) is 37.3 Å². The van der Waals surface area contributed by atoms with Crippen LogP contribution >= 0.6 is 12.2 Å². The second-order valence-electron chi connectivity index (χ2n) is 4.33. The van der Waals surface area contributed by atoms with Gasteiger partial charge in [0.15, 0.2) is 0 Å². The molecule has 1 aromatic carbocycles. The average molecular weight is 234 g/mol. The van der Waals surface area contributed by atoms with Crippen molar-refractivity contribution < 1.29 is 0 Å². The van der Waals surface area contributed by atoms with Crippen molar-refractivity contribution in [2.45, 2.75) is 51.9 Å². The van der Waals surface area contributed by atoms with Crippen LogP contribution in [0.4, 0.5) is 0 Å². The van der Waals surface area contributed by atoms with Crippen molar-refractivity contribution in [3.05, 3.63) is 35.9 Å². The third kappa shape index (κ3) is 6.02. The Hall–Kier alpha value is -0.690. The molecule has 0 amide bonds. The molecule has 0 bridgehead atoms. The van der Waals surface area contributed by atoms with E-state index in [9.17, 15) is 0 Å². The summed E-state index contributed by atoms with van der Waals surface area (Å²) >= 11 is 5.30. The molecule has 0 unspecified atom stereocenters. The molecule has 0 aliphatic heterocycles. The molecule has 88 valence electrons. The predicted molar refractivity (Wildman–Crippen MR) is 76.1 cm³/mol. The Morgan fingerprint density at radius 1 is 1.00 bits per heavy atom. The van der Waals surface area contributed by atoms with Gasteiger partial charge in [0, 0.05) is 0 Å². The van der Waals surface area contributed by atoms with Gasteiger partial charge in [-0.15, -0.1) is 0 Å². The van der Waals surface area contributed by atoms with Crippen LogP contribution in [-0.2, 0) is 6.42 Å². The van der Waals surface area contributed by atoms with Crippen LogP contribution in [0.25, 0.3) is 0 Å². The molecule has 1 aromatic rings. The van der Waals surface area contributed by atoms with Crippen molar-refractivity contribution in [3.8, 4) is 0 Å². The zero-order valence-corrected chi connectivity index (χ0v) is 11.1. The van der Waals surface area contributed by atoms with Crippen molar-refractivity contribution in [2.24, 2.45) is 0 Å². The number of aryl methyl sites for hydroxylation is 1. The maximum atomic E-state index is 5.30. The number of hydrogen-bond donors (Lipinski definition) is 0. The van der Waals surface area contributed by atoms with Crippen molar-refractivity contribution in [3.63, 3.8) is 0 Å². The third-order valence-corrected chi connectivity index (χ3v) is 3.20. The largest absolute Gasteiger partial charge is 0.0897 e. The Morgan fingerprint density at radius 2 is 1.75 bits per heavy atom. The molecule has 0 aliphatic rings. The Kier molecular flexibility index (Phi) is 7.07. The zero-order valence-electron chi connectivity index (χ0n) is 10.2. The summed E-state index contributed by atoms with van der Waals surface area (Å²) in [7, 11) is 0. The standard InChI is InChI=1S/C15H22S/c1-2-9-15(16)13-8-4-7-12-14-10-5-3-6-11-14/h3,5-6,10-11H,2,4,7-9,12-13H2,1H3. The van der Waals surface area contributed by atoms with E-state index < -0.39 is 0 Å². The molecule has 0 saturated heterocycles. The molecule has 0 saturated carbocycles. The predicted octanol–water partition coefficient (Wildman–Crippen LogP) is 4.96. The summed E-state index contributed by atoms with van der Waals surface area (Å²) in [6.45, 7) is 2.20. The van der Waals surface area contributed by atoms with Gasteiger partial charge in [-0.05, 0) is 42.5 Å². The lowest BCUT2D eigenvalue weighted by atomic mass is 10.0. The van der Waals surface area contributed by atoms with Crippen LogP contribution in [-0.4, -0.2) is 4.86 Å². The van der Waals surface area contributed by atoms with Crippen molar-refractivity contribution in [2.75, 3.05) is 0 Å². The van der Waals surface area contributed by atoms with Gasteiger partial charge in [0.2, 0.25) is 0 Å². The number of unbranched alkanes of at least 4 members (excludes halogenated alkanes) is 2. The molecule has 0 radical (unpaired) electrons. The van der Waals surface area contributed by atoms with Crippen molar-refractivity contribution in [1.29, 1.82) is 0 Å². The molecule has 16 heavy (non-hydrogen) atoms. The maximum Gasteiger partial charge on any atom is -0.00716 e. The first-order valence-electron chi connectivity index (χ1n) is 6.38. The Labute approximate surface area is 105 Å². The van der Waals surface area contributed by atoms with Crippen LogP contribution in [0.15, 0.2) is 30.3 Å². The highest BCUT2D eigenvalue weighted by Gasteiger charge is 1.96. The van der Waals surface area contributed by atoms with Crippen molar-refractivity contribution >= 4 is 17.1 Å². The van der Waals surface area contributed by atoms with Gasteiger partial charge in [0.1, 0.15) is 0 Å². The Morgan fingerprint density at radius 3 is 2.44 bits per heavy atom. The number of benzene rings is 1. The summed E-state index contributed by atoms with van der Waals surface area (Å²) in [5, 5.41) is 0. The fourth-order valence-corrected chi connectivity index (χ4v) is 2.23. The van der Waals surface area contributed by atoms with Gasteiger partial charge in [-0.2, -0.15) is 0 Å². The molecule has 0 atom stereocenters. The first kappa shape index (κ1) is 13.4. The van der Waals surface area contributed by atoms with Crippen LogP contribution in [0.3, 0.4) is 0 Å². The molecule has 0 aliphatic carbocycles. The molecule has 0 spiro atoms. The highest BCUT2D eigenvalue weighted by atomic mass is 32.1. The molecular weight excluding hydrogens is 212 g/mol. The quantitative estimate of drug-likeness (QED) is 0.452. The van der Waals surface area contributed by atoms with Gasteiger partial charge < -0.3 is 0 Å². The normalized spacial score (nSPS) is 10.3. The molecule has 0 fully saturated rings. The van der Waals surface area contributed by atoms with Crippen LogP contribution in [0.1, 0.15) is 51.0 Å². The minimum Gasteiger partial charge on any atom is -0.0897 e. The molecule has 0 heterocycles. The SMILES string of the molecule is CCCC(=S)CCCCCc1ccccc1. The van der Waals surface area contributed by atoms with E-state index in [1.807, 2.05) is 0 Å². The third-order valence-electron chi connectivity index (χ3n) is 2.79. The van der Waals surface area contributed by atoms with E-state index in [0.29, 0.717) is 0 Å².